The van der Waals surface area contributed by atoms with E-state index in [1.807, 2.05) is 18.2 Å². The summed E-state index contributed by atoms with van der Waals surface area (Å²) in [6.07, 6.45) is 0. The predicted octanol–water partition coefficient (Wildman–Crippen LogP) is 5.32. The van der Waals surface area contributed by atoms with E-state index in [4.69, 9.17) is 11.6 Å². The third-order valence-corrected chi connectivity index (χ3v) is 3.91. The van der Waals surface area contributed by atoms with Gasteiger partial charge in [-0.2, -0.15) is 0 Å². The van der Waals surface area contributed by atoms with Gasteiger partial charge < -0.3 is 5.32 Å². The molecule has 4 heteroatoms. The lowest BCUT2D eigenvalue weighted by Crippen LogP contribution is -1.99. The molecule has 2 aromatic rings. The van der Waals surface area contributed by atoms with Gasteiger partial charge in [0.1, 0.15) is 0 Å². The summed E-state index contributed by atoms with van der Waals surface area (Å²) < 4.78 is 2.23. The van der Waals surface area contributed by atoms with Gasteiger partial charge in [0, 0.05) is 25.3 Å². The van der Waals surface area contributed by atoms with Crippen molar-refractivity contribution in [2.24, 2.45) is 0 Å². The summed E-state index contributed by atoms with van der Waals surface area (Å²) in [7, 11) is 0. The first-order valence-electron chi connectivity index (χ1n) is 5.08. The molecule has 17 heavy (non-hydrogen) atoms. The summed E-state index contributed by atoms with van der Waals surface area (Å²) in [6, 6.07) is 14.2. The second kappa shape index (κ2) is 6.07. The Balaban J connectivity index is 2.04. The summed E-state index contributed by atoms with van der Waals surface area (Å²) in [6.45, 7) is 0.729. The van der Waals surface area contributed by atoms with Gasteiger partial charge in [-0.3, -0.25) is 0 Å². The van der Waals surface area contributed by atoms with Crippen LogP contribution in [0.15, 0.2) is 46.9 Å². The van der Waals surface area contributed by atoms with Gasteiger partial charge in [-0.1, -0.05) is 33.6 Å². The van der Waals surface area contributed by atoms with E-state index in [0.717, 1.165) is 27.3 Å². The number of anilines is 1. The molecule has 0 saturated heterocycles. The van der Waals surface area contributed by atoms with E-state index >= 15 is 0 Å². The molecule has 1 nitrogen and oxygen atoms in total. The Morgan fingerprint density at radius 2 is 1.82 bits per heavy atom. The molecule has 0 bridgehead atoms. The molecular weight excluding hydrogens is 412 g/mol. The Morgan fingerprint density at radius 1 is 1.12 bits per heavy atom. The molecule has 0 fully saturated rings. The van der Waals surface area contributed by atoms with Crippen molar-refractivity contribution in [2.45, 2.75) is 6.54 Å². The molecule has 0 heterocycles. The number of hydrogen-bond donors (Lipinski definition) is 1. The van der Waals surface area contributed by atoms with Crippen LogP contribution in [0.1, 0.15) is 5.56 Å². The largest absolute Gasteiger partial charge is 0.381 e. The van der Waals surface area contributed by atoms with Crippen LogP contribution in [-0.2, 0) is 6.54 Å². The Labute approximate surface area is 128 Å². The van der Waals surface area contributed by atoms with Crippen LogP contribution in [0, 0.1) is 3.57 Å². The molecule has 0 aromatic heterocycles. The summed E-state index contributed by atoms with van der Waals surface area (Å²) in [5.41, 5.74) is 2.19. The Kier molecular flexibility index (Phi) is 4.70. The number of rotatable bonds is 3. The molecule has 0 spiro atoms. The number of hydrogen-bond acceptors (Lipinski definition) is 1. The van der Waals surface area contributed by atoms with Crippen LogP contribution in [0.25, 0.3) is 0 Å². The number of benzene rings is 2. The first-order chi connectivity index (χ1) is 8.15. The van der Waals surface area contributed by atoms with Crippen molar-refractivity contribution in [3.8, 4) is 0 Å². The van der Waals surface area contributed by atoms with Gasteiger partial charge >= 0.3 is 0 Å². The Bertz CT molecular complexity index is 513. The molecule has 2 rings (SSSR count). The van der Waals surface area contributed by atoms with E-state index in [-0.39, 0.29) is 0 Å². The SMILES string of the molecule is Clc1cc(Br)ccc1CNc1ccc(I)cc1. The lowest BCUT2D eigenvalue weighted by molar-refractivity contribution is 1.15. The number of halogens is 3. The van der Waals surface area contributed by atoms with Crippen molar-refractivity contribution in [2.75, 3.05) is 5.32 Å². The lowest BCUT2D eigenvalue weighted by atomic mass is 10.2. The van der Waals surface area contributed by atoms with Gasteiger partial charge in [-0.15, -0.1) is 0 Å². The minimum absolute atomic E-state index is 0.729. The monoisotopic (exact) mass is 421 g/mol. The van der Waals surface area contributed by atoms with E-state index < -0.39 is 0 Å². The fourth-order valence-corrected chi connectivity index (χ4v) is 2.53. The maximum Gasteiger partial charge on any atom is 0.0467 e. The second-order valence-corrected chi connectivity index (χ2v) is 6.16. The van der Waals surface area contributed by atoms with E-state index in [1.165, 1.54) is 3.57 Å². The van der Waals surface area contributed by atoms with Crippen molar-refractivity contribution in [3.63, 3.8) is 0 Å². The summed E-state index contributed by atoms with van der Waals surface area (Å²) >= 11 is 11.8. The van der Waals surface area contributed by atoms with Gasteiger partial charge in [0.2, 0.25) is 0 Å². The van der Waals surface area contributed by atoms with Crippen LogP contribution in [-0.4, -0.2) is 0 Å². The van der Waals surface area contributed by atoms with E-state index in [2.05, 4.69) is 68.1 Å². The van der Waals surface area contributed by atoms with E-state index in [1.54, 1.807) is 0 Å². The molecule has 0 aliphatic heterocycles. The van der Waals surface area contributed by atoms with Gasteiger partial charge in [-0.25, -0.2) is 0 Å². The zero-order valence-electron chi connectivity index (χ0n) is 8.88. The molecule has 0 radical (unpaired) electrons. The zero-order valence-corrected chi connectivity index (χ0v) is 13.4. The first kappa shape index (κ1) is 13.2. The maximum absolute atomic E-state index is 6.15. The molecule has 0 unspecified atom stereocenters. The zero-order chi connectivity index (χ0) is 12.3. The smallest absolute Gasteiger partial charge is 0.0467 e. The van der Waals surface area contributed by atoms with Crippen molar-refractivity contribution >= 4 is 55.8 Å². The molecule has 0 amide bonds. The summed E-state index contributed by atoms with van der Waals surface area (Å²) in [5.74, 6) is 0. The maximum atomic E-state index is 6.15. The van der Waals surface area contributed by atoms with Gasteiger partial charge in [0.15, 0.2) is 0 Å². The Hall–Kier alpha value is -0.260. The molecular formula is C13H10BrClIN. The highest BCUT2D eigenvalue weighted by Gasteiger charge is 2.00. The van der Waals surface area contributed by atoms with Crippen molar-refractivity contribution < 1.29 is 0 Å². The molecule has 0 atom stereocenters. The van der Waals surface area contributed by atoms with Crippen LogP contribution in [0.2, 0.25) is 5.02 Å². The van der Waals surface area contributed by atoms with Crippen LogP contribution in [0.3, 0.4) is 0 Å². The molecule has 1 N–H and O–H groups in total. The fraction of sp³-hybridized carbons (Fsp3) is 0.0769. The third-order valence-electron chi connectivity index (χ3n) is 2.34. The summed E-state index contributed by atoms with van der Waals surface area (Å²) in [4.78, 5) is 0. The van der Waals surface area contributed by atoms with E-state index in [0.29, 0.717) is 0 Å². The number of nitrogens with one attached hydrogen (secondary N) is 1. The Morgan fingerprint density at radius 3 is 2.47 bits per heavy atom. The van der Waals surface area contributed by atoms with Gasteiger partial charge in [0.05, 0.1) is 0 Å². The van der Waals surface area contributed by atoms with Crippen LogP contribution >= 0.6 is 50.1 Å². The van der Waals surface area contributed by atoms with E-state index in [9.17, 15) is 0 Å². The topological polar surface area (TPSA) is 12.0 Å². The van der Waals surface area contributed by atoms with Crippen molar-refractivity contribution in [1.29, 1.82) is 0 Å². The van der Waals surface area contributed by atoms with Crippen molar-refractivity contribution in [1.82, 2.24) is 0 Å². The predicted molar refractivity (Wildman–Crippen MR) is 85.6 cm³/mol. The lowest BCUT2D eigenvalue weighted by Gasteiger charge is -2.08. The molecule has 0 aliphatic carbocycles. The first-order valence-corrected chi connectivity index (χ1v) is 7.33. The quantitative estimate of drug-likeness (QED) is 0.661. The van der Waals surface area contributed by atoms with Gasteiger partial charge in [0.25, 0.3) is 0 Å². The second-order valence-electron chi connectivity index (χ2n) is 3.60. The van der Waals surface area contributed by atoms with Gasteiger partial charge in [-0.05, 0) is 64.6 Å². The molecule has 0 aliphatic rings. The molecule has 2 aromatic carbocycles. The van der Waals surface area contributed by atoms with Crippen LogP contribution < -0.4 is 5.32 Å². The van der Waals surface area contributed by atoms with Crippen molar-refractivity contribution in [3.05, 3.63) is 61.1 Å². The standard InChI is InChI=1S/C13H10BrClIN/c14-10-2-1-9(13(15)7-10)8-17-12-5-3-11(16)4-6-12/h1-7,17H,8H2. The fourth-order valence-electron chi connectivity index (χ4n) is 1.43. The molecule has 0 saturated carbocycles. The highest BCUT2D eigenvalue weighted by Crippen LogP contribution is 2.22. The third kappa shape index (κ3) is 3.86. The minimum Gasteiger partial charge on any atom is -0.381 e. The summed E-state index contributed by atoms with van der Waals surface area (Å²) in [5, 5.41) is 4.12. The van der Waals surface area contributed by atoms with Crippen LogP contribution in [0.4, 0.5) is 5.69 Å². The highest BCUT2D eigenvalue weighted by molar-refractivity contribution is 14.1. The highest BCUT2D eigenvalue weighted by atomic mass is 127. The minimum atomic E-state index is 0.729. The molecule has 88 valence electrons. The normalized spacial score (nSPS) is 10.3. The average Bonchev–Trinajstić information content (AvgIpc) is 2.30. The average molecular weight is 422 g/mol. The van der Waals surface area contributed by atoms with Crippen LogP contribution in [0.5, 0.6) is 0 Å².